The Morgan fingerprint density at radius 1 is 1.41 bits per heavy atom. The minimum atomic E-state index is -0.792. The Hall–Kier alpha value is -3.21. The predicted molar refractivity (Wildman–Crippen MR) is 95.5 cm³/mol. The number of anilines is 2. The number of benzene rings is 1. The van der Waals surface area contributed by atoms with Crippen molar-refractivity contribution in [2.24, 2.45) is 0 Å². The molecule has 1 aliphatic heterocycles. The Bertz CT molecular complexity index is 939. The summed E-state index contributed by atoms with van der Waals surface area (Å²) in [5.74, 6) is -0.573. The molecule has 1 saturated heterocycles. The van der Waals surface area contributed by atoms with Crippen LogP contribution < -0.4 is 10.2 Å². The average molecular weight is 370 g/mol. The normalized spacial score (nSPS) is 17.1. The monoisotopic (exact) mass is 370 g/mol. The Morgan fingerprint density at radius 2 is 2.15 bits per heavy atom. The average Bonchev–Trinajstić information content (AvgIpc) is 3.21. The van der Waals surface area contributed by atoms with E-state index in [-0.39, 0.29) is 34.8 Å². The van der Waals surface area contributed by atoms with Crippen LogP contribution in [0.4, 0.5) is 15.9 Å². The molecule has 140 valence electrons. The van der Waals surface area contributed by atoms with E-state index in [0.29, 0.717) is 12.2 Å². The fourth-order valence-electron chi connectivity index (χ4n) is 2.90. The smallest absolute Gasteiger partial charge is 0.248 e. The highest BCUT2D eigenvalue weighted by molar-refractivity contribution is 6.07. The van der Waals surface area contributed by atoms with Crippen molar-refractivity contribution in [3.63, 3.8) is 0 Å². The molecule has 1 N–H and O–H groups in total. The molecule has 27 heavy (non-hydrogen) atoms. The van der Waals surface area contributed by atoms with Crippen molar-refractivity contribution < 1.29 is 18.5 Å². The first-order valence-corrected chi connectivity index (χ1v) is 8.50. The molecular formula is C19H19FN4O3. The van der Waals surface area contributed by atoms with E-state index in [1.54, 1.807) is 12.1 Å². The zero-order valence-electron chi connectivity index (χ0n) is 15.2. The number of hydrogen-bond donors (Lipinski definition) is 1. The van der Waals surface area contributed by atoms with Gasteiger partial charge in [0.15, 0.2) is 5.82 Å². The van der Waals surface area contributed by atoms with E-state index in [1.165, 1.54) is 17.0 Å². The summed E-state index contributed by atoms with van der Waals surface area (Å²) >= 11 is 0. The van der Waals surface area contributed by atoms with Crippen molar-refractivity contribution in [3.05, 3.63) is 41.4 Å². The van der Waals surface area contributed by atoms with Crippen molar-refractivity contribution >= 4 is 23.3 Å². The minimum absolute atomic E-state index is 0.122. The molecule has 1 atom stereocenters. The summed E-state index contributed by atoms with van der Waals surface area (Å²) in [6.07, 6.45) is 0.474. The van der Waals surface area contributed by atoms with Crippen LogP contribution in [-0.2, 0) is 15.0 Å². The van der Waals surface area contributed by atoms with Crippen molar-refractivity contribution in [2.75, 3.05) is 10.2 Å². The second-order valence-electron chi connectivity index (χ2n) is 7.41. The van der Waals surface area contributed by atoms with Crippen molar-refractivity contribution in [1.29, 1.82) is 5.26 Å². The van der Waals surface area contributed by atoms with Crippen molar-refractivity contribution in [1.82, 2.24) is 5.16 Å². The molecule has 0 radical (unpaired) electrons. The first kappa shape index (κ1) is 18.6. The molecule has 2 aromatic rings. The molecule has 1 aromatic heterocycles. The van der Waals surface area contributed by atoms with Crippen LogP contribution in [0.25, 0.3) is 0 Å². The lowest BCUT2D eigenvalue weighted by atomic mass is 9.93. The largest absolute Gasteiger partial charge is 0.359 e. The fourth-order valence-corrected chi connectivity index (χ4v) is 2.90. The third-order valence-corrected chi connectivity index (χ3v) is 4.37. The Morgan fingerprint density at radius 3 is 2.74 bits per heavy atom. The summed E-state index contributed by atoms with van der Waals surface area (Å²) < 4.78 is 19.2. The molecule has 0 aliphatic carbocycles. The van der Waals surface area contributed by atoms with Crippen LogP contribution in [0.5, 0.6) is 0 Å². The van der Waals surface area contributed by atoms with Crippen LogP contribution in [0.3, 0.4) is 0 Å². The number of carbonyl (C=O) groups is 2. The number of nitrogens with zero attached hydrogens (tertiary/aromatic N) is 3. The third kappa shape index (κ3) is 3.67. The SMILES string of the molecule is CC(C)(C)c1cc(NC(=O)[C@@H]2CCC(=O)N2c2ccc(C#N)c(F)c2)no1. The maximum Gasteiger partial charge on any atom is 0.248 e. The number of carbonyl (C=O) groups excluding carboxylic acids is 2. The maximum absolute atomic E-state index is 13.9. The molecule has 3 rings (SSSR count). The van der Waals surface area contributed by atoms with E-state index in [2.05, 4.69) is 10.5 Å². The van der Waals surface area contributed by atoms with E-state index < -0.39 is 17.8 Å². The van der Waals surface area contributed by atoms with Gasteiger partial charge in [0.1, 0.15) is 23.7 Å². The van der Waals surface area contributed by atoms with E-state index in [1.807, 2.05) is 20.8 Å². The molecule has 1 aromatic carbocycles. The van der Waals surface area contributed by atoms with E-state index in [0.717, 1.165) is 6.07 Å². The molecule has 7 nitrogen and oxygen atoms in total. The lowest BCUT2D eigenvalue weighted by Gasteiger charge is -2.24. The standard InChI is InChI=1S/C19H19FN4O3/c1-19(2,3)15-9-16(23-27-15)22-18(26)14-6-7-17(25)24(14)12-5-4-11(10-21)13(20)8-12/h4-5,8-9,14H,6-7H2,1-3H3,(H,22,23,26)/t14-/m0/s1. The highest BCUT2D eigenvalue weighted by Gasteiger charge is 2.37. The van der Waals surface area contributed by atoms with Gasteiger partial charge in [-0.15, -0.1) is 0 Å². The Balaban J connectivity index is 1.81. The van der Waals surface area contributed by atoms with Crippen LogP contribution in [0, 0.1) is 17.1 Å². The molecule has 8 heteroatoms. The molecule has 2 amide bonds. The van der Waals surface area contributed by atoms with Gasteiger partial charge in [-0.2, -0.15) is 5.26 Å². The van der Waals surface area contributed by atoms with Gasteiger partial charge in [-0.1, -0.05) is 25.9 Å². The molecule has 0 unspecified atom stereocenters. The van der Waals surface area contributed by atoms with Gasteiger partial charge in [0, 0.05) is 23.6 Å². The Kier molecular flexibility index (Phi) is 4.70. The number of nitrogens with one attached hydrogen (secondary N) is 1. The number of hydrogen-bond acceptors (Lipinski definition) is 5. The summed E-state index contributed by atoms with van der Waals surface area (Å²) in [6.45, 7) is 5.86. The van der Waals surface area contributed by atoms with E-state index in [4.69, 9.17) is 9.78 Å². The fraction of sp³-hybridized carbons (Fsp3) is 0.368. The Labute approximate surface area is 155 Å². The molecule has 0 saturated carbocycles. The number of amides is 2. The second kappa shape index (κ2) is 6.83. The second-order valence-corrected chi connectivity index (χ2v) is 7.41. The summed E-state index contributed by atoms with van der Waals surface area (Å²) in [7, 11) is 0. The van der Waals surface area contributed by atoms with Crippen LogP contribution in [0.15, 0.2) is 28.8 Å². The first-order chi connectivity index (χ1) is 12.7. The van der Waals surface area contributed by atoms with Crippen LogP contribution in [-0.4, -0.2) is 23.0 Å². The van der Waals surface area contributed by atoms with Crippen molar-refractivity contribution in [3.8, 4) is 6.07 Å². The predicted octanol–water partition coefficient (Wildman–Crippen LogP) is 3.12. The van der Waals surface area contributed by atoms with Crippen molar-refractivity contribution in [2.45, 2.75) is 45.1 Å². The first-order valence-electron chi connectivity index (χ1n) is 8.50. The molecular weight excluding hydrogens is 351 g/mol. The number of halogens is 1. The van der Waals surface area contributed by atoms with Gasteiger partial charge in [0.05, 0.1) is 5.56 Å². The van der Waals surface area contributed by atoms with Gasteiger partial charge in [0.25, 0.3) is 0 Å². The topological polar surface area (TPSA) is 99.2 Å². The summed E-state index contributed by atoms with van der Waals surface area (Å²) in [6, 6.07) is 6.42. The number of nitriles is 1. The van der Waals surface area contributed by atoms with Crippen LogP contribution >= 0.6 is 0 Å². The van der Waals surface area contributed by atoms with Gasteiger partial charge in [-0.3, -0.25) is 14.5 Å². The highest BCUT2D eigenvalue weighted by Crippen LogP contribution is 2.29. The third-order valence-electron chi connectivity index (χ3n) is 4.37. The lowest BCUT2D eigenvalue weighted by Crippen LogP contribution is -2.41. The van der Waals surface area contributed by atoms with Gasteiger partial charge >= 0.3 is 0 Å². The van der Waals surface area contributed by atoms with Gasteiger partial charge in [0.2, 0.25) is 11.8 Å². The van der Waals surface area contributed by atoms with Crippen LogP contribution in [0.2, 0.25) is 0 Å². The molecule has 0 bridgehead atoms. The molecule has 2 heterocycles. The molecule has 1 aliphatic rings. The summed E-state index contributed by atoms with van der Waals surface area (Å²) in [5.41, 5.74) is -0.140. The summed E-state index contributed by atoms with van der Waals surface area (Å²) in [4.78, 5) is 26.2. The van der Waals surface area contributed by atoms with E-state index in [9.17, 15) is 14.0 Å². The van der Waals surface area contributed by atoms with Gasteiger partial charge in [-0.05, 0) is 24.6 Å². The quantitative estimate of drug-likeness (QED) is 0.895. The molecule has 1 fully saturated rings. The van der Waals surface area contributed by atoms with Gasteiger partial charge < -0.3 is 9.84 Å². The molecule has 0 spiro atoms. The number of aromatic nitrogens is 1. The zero-order valence-corrected chi connectivity index (χ0v) is 15.2. The number of rotatable bonds is 3. The summed E-state index contributed by atoms with van der Waals surface area (Å²) in [5, 5.41) is 15.3. The lowest BCUT2D eigenvalue weighted by molar-refractivity contribution is -0.120. The maximum atomic E-state index is 13.9. The van der Waals surface area contributed by atoms with E-state index >= 15 is 0 Å². The van der Waals surface area contributed by atoms with Gasteiger partial charge in [-0.25, -0.2) is 4.39 Å². The highest BCUT2D eigenvalue weighted by atomic mass is 19.1. The zero-order chi connectivity index (χ0) is 19.8. The van der Waals surface area contributed by atoms with Crippen LogP contribution in [0.1, 0.15) is 44.9 Å². The minimum Gasteiger partial charge on any atom is -0.359 e.